The molecule has 0 saturated heterocycles. The minimum atomic E-state index is -0.0643. The highest BCUT2D eigenvalue weighted by molar-refractivity contribution is 5.88. The maximum absolute atomic E-state index is 12.7. The Morgan fingerprint density at radius 1 is 1.17 bits per heavy atom. The lowest BCUT2D eigenvalue weighted by Crippen LogP contribution is -2.08. The summed E-state index contributed by atoms with van der Waals surface area (Å²) in [5.74, 6) is 1.49. The lowest BCUT2D eigenvalue weighted by atomic mass is 10.1. The largest absolute Gasteiger partial charge is 0.508 e. The van der Waals surface area contributed by atoms with E-state index in [0.29, 0.717) is 28.7 Å². The molecule has 0 unspecified atom stereocenters. The number of ether oxygens (including phenoxy) is 1. The third-order valence-electron chi connectivity index (χ3n) is 4.37. The number of hydrogen-bond acceptors (Lipinski definition) is 4. The molecule has 0 saturated carbocycles. The molecule has 0 aliphatic heterocycles. The van der Waals surface area contributed by atoms with Gasteiger partial charge in [-0.05, 0) is 48.8 Å². The van der Waals surface area contributed by atoms with E-state index in [1.807, 2.05) is 30.3 Å². The van der Waals surface area contributed by atoms with Gasteiger partial charge < -0.3 is 14.3 Å². The van der Waals surface area contributed by atoms with E-state index in [-0.39, 0.29) is 11.2 Å². The topological polar surface area (TPSA) is 59.7 Å². The van der Waals surface area contributed by atoms with Crippen molar-refractivity contribution < 1.29 is 14.3 Å². The molecule has 3 aromatic rings. The summed E-state index contributed by atoms with van der Waals surface area (Å²) in [4.78, 5) is 12.7. The van der Waals surface area contributed by atoms with Crippen molar-refractivity contribution in [1.29, 1.82) is 0 Å². The zero-order valence-electron chi connectivity index (χ0n) is 13.2. The van der Waals surface area contributed by atoms with Crippen LogP contribution in [-0.4, -0.2) is 12.2 Å². The van der Waals surface area contributed by atoms with Crippen LogP contribution in [0, 0.1) is 0 Å². The zero-order chi connectivity index (χ0) is 16.7. The third-order valence-corrected chi connectivity index (χ3v) is 4.37. The van der Waals surface area contributed by atoms with Crippen LogP contribution in [-0.2, 0) is 6.42 Å². The van der Waals surface area contributed by atoms with Crippen LogP contribution in [0.3, 0.4) is 0 Å². The molecule has 0 fully saturated rings. The number of phenolic OH excluding ortho intramolecular Hbond substituents is 1. The second-order valence-electron chi connectivity index (χ2n) is 5.83. The van der Waals surface area contributed by atoms with Crippen molar-refractivity contribution >= 4 is 22.6 Å². The van der Waals surface area contributed by atoms with Gasteiger partial charge in [-0.15, -0.1) is 0 Å². The van der Waals surface area contributed by atoms with Crippen molar-refractivity contribution in [2.45, 2.75) is 12.8 Å². The first-order valence-electron chi connectivity index (χ1n) is 7.80. The monoisotopic (exact) mass is 320 g/mol. The van der Waals surface area contributed by atoms with Gasteiger partial charge in [0, 0.05) is 11.1 Å². The molecule has 0 spiro atoms. The quantitative estimate of drug-likeness (QED) is 0.775. The molecule has 0 bridgehead atoms. The zero-order valence-corrected chi connectivity index (χ0v) is 13.2. The molecule has 0 amide bonds. The Hall–Kier alpha value is -3.01. The first-order valence-corrected chi connectivity index (χ1v) is 7.80. The second-order valence-corrected chi connectivity index (χ2v) is 5.83. The molecule has 2 aromatic carbocycles. The fourth-order valence-corrected chi connectivity index (χ4v) is 3.19. The summed E-state index contributed by atoms with van der Waals surface area (Å²) in [6.45, 7) is 0. The third kappa shape index (κ3) is 2.27. The second kappa shape index (κ2) is 5.57. The average Bonchev–Trinajstić information content (AvgIpc) is 2.99. The van der Waals surface area contributed by atoms with Gasteiger partial charge in [-0.2, -0.15) is 0 Å². The van der Waals surface area contributed by atoms with Crippen LogP contribution in [0.1, 0.15) is 23.3 Å². The standard InChI is InChI=1S/C20H16O4/c1-23-17-5-3-2-4-12(17)10-13-6-8-15-19(22)16-11-14(21)7-9-18(16)24-20(13)15/h2-5,7,9-11,21H,6,8H2,1H3. The Morgan fingerprint density at radius 3 is 2.83 bits per heavy atom. The molecule has 0 radical (unpaired) electrons. The van der Waals surface area contributed by atoms with Crippen LogP contribution in [0.2, 0.25) is 0 Å². The highest BCUT2D eigenvalue weighted by Gasteiger charge is 2.24. The maximum Gasteiger partial charge on any atom is 0.196 e. The van der Waals surface area contributed by atoms with E-state index in [1.165, 1.54) is 12.1 Å². The van der Waals surface area contributed by atoms with Gasteiger partial charge in [0.15, 0.2) is 5.43 Å². The molecule has 1 aromatic heterocycles. The first-order chi connectivity index (χ1) is 11.7. The fourth-order valence-electron chi connectivity index (χ4n) is 3.19. The van der Waals surface area contributed by atoms with Crippen LogP contribution in [0.5, 0.6) is 11.5 Å². The molecule has 0 atom stereocenters. The number of methoxy groups -OCH3 is 1. The van der Waals surface area contributed by atoms with Gasteiger partial charge >= 0.3 is 0 Å². The van der Waals surface area contributed by atoms with Gasteiger partial charge in [0.25, 0.3) is 0 Å². The Labute approximate surface area is 138 Å². The van der Waals surface area contributed by atoms with E-state index in [1.54, 1.807) is 13.2 Å². The van der Waals surface area contributed by atoms with Crippen LogP contribution < -0.4 is 10.2 Å². The normalized spacial score (nSPS) is 15.0. The summed E-state index contributed by atoms with van der Waals surface area (Å²) in [6.07, 6.45) is 3.40. The number of aromatic hydroxyl groups is 1. The fraction of sp³-hybridized carbons (Fsp3) is 0.150. The summed E-state index contributed by atoms with van der Waals surface area (Å²) in [5.41, 5.74) is 3.04. The summed E-state index contributed by atoms with van der Waals surface area (Å²) in [7, 11) is 1.64. The molecule has 1 N–H and O–H groups in total. The minimum absolute atomic E-state index is 0.0643. The van der Waals surface area contributed by atoms with Crippen molar-refractivity contribution in [3.05, 3.63) is 69.6 Å². The number of phenols is 1. The van der Waals surface area contributed by atoms with E-state index in [0.717, 1.165) is 23.3 Å². The summed E-state index contributed by atoms with van der Waals surface area (Å²) < 4.78 is 11.4. The van der Waals surface area contributed by atoms with Crippen LogP contribution in [0.25, 0.3) is 22.6 Å². The molecule has 120 valence electrons. The van der Waals surface area contributed by atoms with Gasteiger partial charge in [-0.1, -0.05) is 18.2 Å². The lowest BCUT2D eigenvalue weighted by Gasteiger charge is -2.06. The van der Waals surface area contributed by atoms with Gasteiger partial charge in [-0.3, -0.25) is 4.79 Å². The Bertz CT molecular complexity index is 1030. The Morgan fingerprint density at radius 2 is 2.00 bits per heavy atom. The van der Waals surface area contributed by atoms with E-state index in [2.05, 4.69) is 0 Å². The van der Waals surface area contributed by atoms with E-state index in [4.69, 9.17) is 9.15 Å². The van der Waals surface area contributed by atoms with Crippen LogP contribution >= 0.6 is 0 Å². The predicted octanol–water partition coefficient (Wildman–Crippen LogP) is 3.99. The molecule has 4 heteroatoms. The van der Waals surface area contributed by atoms with E-state index >= 15 is 0 Å². The highest BCUT2D eigenvalue weighted by Crippen LogP contribution is 2.35. The Kier molecular flexibility index (Phi) is 3.38. The molecular formula is C20H16O4. The molecule has 1 aliphatic carbocycles. The number of benzene rings is 2. The molecule has 1 heterocycles. The number of hydrogen-bond donors (Lipinski definition) is 1. The maximum atomic E-state index is 12.7. The SMILES string of the molecule is COc1ccccc1C=C1CCc2c1oc1ccc(O)cc1c2=O. The average molecular weight is 320 g/mol. The van der Waals surface area contributed by atoms with Crippen molar-refractivity contribution in [1.82, 2.24) is 0 Å². The van der Waals surface area contributed by atoms with Crippen LogP contribution in [0.4, 0.5) is 0 Å². The number of allylic oxidation sites excluding steroid dienone is 1. The van der Waals surface area contributed by atoms with Crippen LogP contribution in [0.15, 0.2) is 51.7 Å². The summed E-state index contributed by atoms with van der Waals surface area (Å²) in [6, 6.07) is 12.4. The van der Waals surface area contributed by atoms with Crippen molar-refractivity contribution in [3.63, 3.8) is 0 Å². The predicted molar refractivity (Wildman–Crippen MR) is 93.3 cm³/mol. The molecule has 4 nitrogen and oxygen atoms in total. The molecule has 4 rings (SSSR count). The van der Waals surface area contributed by atoms with E-state index < -0.39 is 0 Å². The number of fused-ring (bicyclic) bond motifs is 2. The number of para-hydroxylation sites is 1. The van der Waals surface area contributed by atoms with Gasteiger partial charge in [0.05, 0.1) is 12.5 Å². The number of rotatable bonds is 2. The summed E-state index contributed by atoms with van der Waals surface area (Å²) >= 11 is 0. The first kappa shape index (κ1) is 14.6. The van der Waals surface area contributed by atoms with E-state index in [9.17, 15) is 9.90 Å². The summed E-state index contributed by atoms with van der Waals surface area (Å²) in [5, 5.41) is 10.0. The molecule has 1 aliphatic rings. The lowest BCUT2D eigenvalue weighted by molar-refractivity contribution is 0.414. The van der Waals surface area contributed by atoms with Crippen molar-refractivity contribution in [2.24, 2.45) is 0 Å². The minimum Gasteiger partial charge on any atom is -0.508 e. The Balaban J connectivity index is 1.90. The van der Waals surface area contributed by atoms with Gasteiger partial charge in [-0.25, -0.2) is 0 Å². The highest BCUT2D eigenvalue weighted by atomic mass is 16.5. The smallest absolute Gasteiger partial charge is 0.196 e. The van der Waals surface area contributed by atoms with Gasteiger partial charge in [0.2, 0.25) is 0 Å². The van der Waals surface area contributed by atoms with Crippen molar-refractivity contribution in [3.8, 4) is 11.5 Å². The van der Waals surface area contributed by atoms with Crippen molar-refractivity contribution in [2.75, 3.05) is 7.11 Å². The molecule has 24 heavy (non-hydrogen) atoms. The molecular weight excluding hydrogens is 304 g/mol. The van der Waals surface area contributed by atoms with Gasteiger partial charge in [0.1, 0.15) is 22.8 Å².